The van der Waals surface area contributed by atoms with E-state index < -0.39 is 0 Å². The molecule has 0 bridgehead atoms. The van der Waals surface area contributed by atoms with E-state index in [0.717, 1.165) is 12.8 Å². The molecule has 2 nitrogen and oxygen atoms in total. The van der Waals surface area contributed by atoms with Crippen LogP contribution >= 0.6 is 0 Å². The fourth-order valence-electron chi connectivity index (χ4n) is 7.31. The van der Waals surface area contributed by atoms with Crippen LogP contribution in [0.4, 0.5) is 11.4 Å². The molecule has 0 amide bonds. The van der Waals surface area contributed by atoms with Gasteiger partial charge in [0, 0.05) is 41.6 Å². The van der Waals surface area contributed by atoms with Crippen LogP contribution in [0.3, 0.4) is 0 Å². The smallest absolute Gasteiger partial charge is 0.210 e. The molecule has 0 aromatic heterocycles. The molecule has 2 heterocycles. The lowest BCUT2D eigenvalue weighted by Gasteiger charge is -2.28. The first kappa shape index (κ1) is 25.1. The van der Waals surface area contributed by atoms with Crippen LogP contribution in [0.15, 0.2) is 122 Å². The zero-order valence-electron chi connectivity index (χ0n) is 23.5. The van der Waals surface area contributed by atoms with Gasteiger partial charge in [-0.15, -0.1) is 13.2 Å². The number of allylic oxidation sites excluding steroid dienone is 6. The first-order chi connectivity index (χ1) is 18.8. The molecule has 4 aromatic rings. The topological polar surface area (TPSA) is 6.25 Å². The van der Waals surface area contributed by atoms with Crippen molar-refractivity contribution in [2.75, 3.05) is 19.0 Å². The summed E-state index contributed by atoms with van der Waals surface area (Å²) in [7, 11) is 4.39. The number of benzene rings is 4. The highest BCUT2D eigenvalue weighted by Gasteiger charge is 2.47. The summed E-state index contributed by atoms with van der Waals surface area (Å²) in [4.78, 5) is 2.36. The molecule has 2 aliphatic heterocycles. The van der Waals surface area contributed by atoms with Gasteiger partial charge in [0.1, 0.15) is 7.05 Å². The predicted molar refractivity (Wildman–Crippen MR) is 169 cm³/mol. The van der Waals surface area contributed by atoms with E-state index >= 15 is 0 Å². The van der Waals surface area contributed by atoms with E-state index in [1.165, 1.54) is 55.5 Å². The second-order valence-electron chi connectivity index (χ2n) is 11.4. The molecule has 0 spiro atoms. The Morgan fingerprint density at radius 1 is 0.769 bits per heavy atom. The first-order valence-corrected chi connectivity index (χ1v) is 13.8. The fourth-order valence-corrected chi connectivity index (χ4v) is 7.31. The van der Waals surface area contributed by atoms with Gasteiger partial charge in [0.25, 0.3) is 0 Å². The molecule has 6 rings (SSSR count). The van der Waals surface area contributed by atoms with Crippen LogP contribution in [-0.4, -0.2) is 24.4 Å². The van der Waals surface area contributed by atoms with Gasteiger partial charge in [-0.25, -0.2) is 0 Å². The van der Waals surface area contributed by atoms with Crippen molar-refractivity contribution in [1.82, 2.24) is 0 Å². The van der Waals surface area contributed by atoms with Crippen molar-refractivity contribution < 1.29 is 4.58 Å². The van der Waals surface area contributed by atoms with Gasteiger partial charge in [-0.3, -0.25) is 0 Å². The molecule has 0 fully saturated rings. The molecular formula is C37H37N2+. The molecule has 194 valence electrons. The van der Waals surface area contributed by atoms with Crippen molar-refractivity contribution in [3.8, 4) is 0 Å². The van der Waals surface area contributed by atoms with Crippen molar-refractivity contribution in [3.63, 3.8) is 0 Å². The third-order valence-corrected chi connectivity index (χ3v) is 9.11. The van der Waals surface area contributed by atoms with Crippen molar-refractivity contribution in [3.05, 3.63) is 133 Å². The van der Waals surface area contributed by atoms with Crippen LogP contribution < -0.4 is 4.90 Å². The Hall–Kier alpha value is -4.17. The monoisotopic (exact) mass is 509 g/mol. The summed E-state index contributed by atoms with van der Waals surface area (Å²) in [6, 6.07) is 26.5. The van der Waals surface area contributed by atoms with Gasteiger partial charge in [0.2, 0.25) is 5.69 Å². The maximum absolute atomic E-state index is 4.14. The van der Waals surface area contributed by atoms with Crippen LogP contribution in [-0.2, 0) is 10.8 Å². The summed E-state index contributed by atoms with van der Waals surface area (Å²) in [6.45, 7) is 13.0. The largest absolute Gasteiger partial charge is 0.347 e. The average molecular weight is 510 g/mol. The van der Waals surface area contributed by atoms with E-state index in [1.807, 2.05) is 0 Å². The quantitative estimate of drug-likeness (QED) is 0.186. The Balaban J connectivity index is 1.47. The molecule has 0 saturated carbocycles. The molecule has 0 radical (unpaired) electrons. The van der Waals surface area contributed by atoms with Gasteiger partial charge in [-0.1, -0.05) is 72.8 Å². The van der Waals surface area contributed by atoms with Crippen molar-refractivity contribution >= 4 is 38.6 Å². The van der Waals surface area contributed by atoms with Crippen LogP contribution in [0.2, 0.25) is 0 Å². The van der Waals surface area contributed by atoms with Gasteiger partial charge >= 0.3 is 0 Å². The SMILES string of the molecule is C=CCC1(C)C(/C=C/C=C2/N(C)c3ccc4ccccc4c3C2(C)CC=C)=[N+](C)c2ccc3ccccc3c21. The van der Waals surface area contributed by atoms with E-state index in [9.17, 15) is 0 Å². The van der Waals surface area contributed by atoms with Gasteiger partial charge in [-0.05, 0) is 72.0 Å². The number of hydrogen-bond acceptors (Lipinski definition) is 1. The minimum absolute atomic E-state index is 0.160. The maximum atomic E-state index is 4.14. The molecule has 0 N–H and O–H groups in total. The van der Waals surface area contributed by atoms with Crippen LogP contribution in [0.25, 0.3) is 21.5 Å². The average Bonchev–Trinajstić information content (AvgIpc) is 3.29. The highest BCUT2D eigenvalue weighted by Crippen LogP contribution is 2.52. The maximum Gasteiger partial charge on any atom is 0.210 e. The lowest BCUT2D eigenvalue weighted by Crippen LogP contribution is -2.30. The van der Waals surface area contributed by atoms with Crippen molar-refractivity contribution in [1.29, 1.82) is 0 Å². The standard InChI is InChI=1S/C37H37N2/c1-7-24-36(3)32(38(5)30-22-20-26-14-9-11-16-28(26)34(30)36)18-13-19-33-37(4,25-8-2)35-29-17-12-10-15-27(29)21-23-31(35)39(33)6/h7-23H,1-2,24-25H2,3-6H3/q+1. The van der Waals surface area contributed by atoms with Crippen molar-refractivity contribution in [2.45, 2.75) is 37.5 Å². The van der Waals surface area contributed by atoms with Gasteiger partial charge in [-0.2, -0.15) is 4.58 Å². The number of anilines is 1. The van der Waals surface area contributed by atoms with E-state index in [0.29, 0.717) is 0 Å². The Morgan fingerprint density at radius 2 is 1.36 bits per heavy atom. The normalized spacial score (nSPS) is 23.3. The zero-order chi connectivity index (χ0) is 27.4. The minimum Gasteiger partial charge on any atom is -0.347 e. The third kappa shape index (κ3) is 3.58. The molecule has 0 aliphatic carbocycles. The Bertz CT molecular complexity index is 1750. The highest BCUT2D eigenvalue weighted by molar-refractivity contribution is 6.08. The minimum atomic E-state index is -0.160. The second-order valence-corrected chi connectivity index (χ2v) is 11.4. The number of likely N-dealkylation sites (N-methyl/N-ethyl adjacent to an activating group) is 1. The lowest BCUT2D eigenvalue weighted by molar-refractivity contribution is -0.401. The van der Waals surface area contributed by atoms with E-state index in [2.05, 4.69) is 154 Å². The molecule has 2 atom stereocenters. The van der Waals surface area contributed by atoms with Gasteiger partial charge < -0.3 is 4.90 Å². The van der Waals surface area contributed by atoms with Crippen molar-refractivity contribution in [2.24, 2.45) is 0 Å². The third-order valence-electron chi connectivity index (χ3n) is 9.11. The summed E-state index contributed by atoms with van der Waals surface area (Å²) in [5.41, 5.74) is 7.60. The Morgan fingerprint density at radius 3 is 2.03 bits per heavy atom. The summed E-state index contributed by atoms with van der Waals surface area (Å²) < 4.78 is 2.36. The molecule has 2 aliphatic rings. The number of hydrogen-bond donors (Lipinski definition) is 0. The van der Waals surface area contributed by atoms with Gasteiger partial charge in [0.15, 0.2) is 5.71 Å². The summed E-state index contributed by atoms with van der Waals surface area (Å²) in [5, 5.41) is 5.21. The van der Waals surface area contributed by atoms with Crippen LogP contribution in [0, 0.1) is 0 Å². The fraction of sp³-hybridized carbons (Fsp3) is 0.216. The number of rotatable bonds is 6. The van der Waals surface area contributed by atoms with E-state index in [4.69, 9.17) is 0 Å². The predicted octanol–water partition coefficient (Wildman–Crippen LogP) is 8.98. The summed E-state index contributed by atoms with van der Waals surface area (Å²) >= 11 is 0. The number of fused-ring (bicyclic) bond motifs is 6. The lowest BCUT2D eigenvalue weighted by atomic mass is 9.74. The van der Waals surface area contributed by atoms with Crippen LogP contribution in [0.5, 0.6) is 0 Å². The molecule has 2 heteroatoms. The second kappa shape index (κ2) is 9.24. The molecule has 2 unspecified atom stereocenters. The highest BCUT2D eigenvalue weighted by atomic mass is 15.2. The van der Waals surface area contributed by atoms with E-state index in [1.54, 1.807) is 0 Å². The van der Waals surface area contributed by atoms with Crippen LogP contribution in [0.1, 0.15) is 37.8 Å². The summed E-state index contributed by atoms with van der Waals surface area (Å²) in [5.74, 6) is 0. The Kier molecular flexibility index (Phi) is 5.95. The molecule has 4 aromatic carbocycles. The molecule has 0 saturated heterocycles. The zero-order valence-corrected chi connectivity index (χ0v) is 23.5. The Labute approximate surface area is 232 Å². The first-order valence-electron chi connectivity index (χ1n) is 13.8. The number of nitrogens with zero attached hydrogens (tertiary/aromatic N) is 2. The van der Waals surface area contributed by atoms with Gasteiger partial charge in [0.05, 0.1) is 5.41 Å². The van der Waals surface area contributed by atoms with E-state index in [-0.39, 0.29) is 10.8 Å². The summed E-state index contributed by atoms with van der Waals surface area (Å²) in [6.07, 6.45) is 12.8. The molecular weight excluding hydrogens is 472 g/mol. The molecule has 39 heavy (non-hydrogen) atoms.